The van der Waals surface area contributed by atoms with Gasteiger partial charge in [-0.25, -0.2) is 9.97 Å². The highest BCUT2D eigenvalue weighted by Crippen LogP contribution is 2.34. The molecule has 0 N–H and O–H groups in total. The van der Waals surface area contributed by atoms with E-state index < -0.39 is 0 Å². The summed E-state index contributed by atoms with van der Waals surface area (Å²) < 4.78 is 0. The minimum Gasteiger partial charge on any atom is -0.299 e. The molecule has 0 saturated carbocycles. The Labute approximate surface area is 190 Å². The van der Waals surface area contributed by atoms with Gasteiger partial charge in [0.25, 0.3) is 0 Å². The zero-order chi connectivity index (χ0) is 22.1. The quantitative estimate of drug-likeness (QED) is 0.377. The third kappa shape index (κ3) is 4.52. The number of Topliss-reactive ketones (excluding diaryl/α,β-unsaturated/α-hetero) is 1. The van der Waals surface area contributed by atoms with Crippen LogP contribution in [-0.2, 0) is 17.6 Å². The maximum Gasteiger partial charge on any atom is 0.143 e. The number of carbonyl (C=O) groups excluding carboxylic acids is 1. The van der Waals surface area contributed by atoms with E-state index in [0.29, 0.717) is 29.5 Å². The Hall–Kier alpha value is -2.64. The second-order valence-electron chi connectivity index (χ2n) is 8.11. The van der Waals surface area contributed by atoms with Gasteiger partial charge in [0.1, 0.15) is 21.8 Å². The highest BCUT2D eigenvalue weighted by Gasteiger charge is 2.22. The van der Waals surface area contributed by atoms with Crippen LogP contribution < -0.4 is 0 Å². The number of halogens is 1. The first-order valence-electron chi connectivity index (χ1n) is 10.2. The molecule has 0 fully saturated rings. The predicted molar refractivity (Wildman–Crippen MR) is 124 cm³/mol. The van der Waals surface area contributed by atoms with Crippen LogP contribution in [-0.4, -0.2) is 30.7 Å². The third-order valence-electron chi connectivity index (χ3n) is 5.55. The summed E-state index contributed by atoms with van der Waals surface area (Å²) in [7, 11) is 0. The summed E-state index contributed by atoms with van der Waals surface area (Å²) in [6, 6.07) is 5.54. The fourth-order valence-corrected chi connectivity index (χ4v) is 4.74. The molecular weight excluding hydrogens is 430 g/mol. The van der Waals surface area contributed by atoms with Crippen molar-refractivity contribution in [3.63, 3.8) is 0 Å². The summed E-state index contributed by atoms with van der Waals surface area (Å²) in [4.78, 5) is 24.7. The molecule has 8 heteroatoms. The van der Waals surface area contributed by atoms with Crippen LogP contribution in [0.3, 0.4) is 0 Å². The van der Waals surface area contributed by atoms with Gasteiger partial charge in [0.2, 0.25) is 0 Å². The van der Waals surface area contributed by atoms with Gasteiger partial charge in [0.15, 0.2) is 0 Å². The van der Waals surface area contributed by atoms with Crippen LogP contribution in [0, 0.1) is 12.8 Å². The van der Waals surface area contributed by atoms with E-state index in [2.05, 4.69) is 36.0 Å². The molecule has 0 amide bonds. The molecule has 0 saturated heterocycles. The van der Waals surface area contributed by atoms with Crippen LogP contribution >= 0.6 is 22.9 Å². The number of benzene rings is 1. The summed E-state index contributed by atoms with van der Waals surface area (Å²) in [5.74, 6) is 0.833. The average molecular weight is 454 g/mol. The van der Waals surface area contributed by atoms with Gasteiger partial charge in [0.05, 0.1) is 22.4 Å². The molecule has 3 heterocycles. The van der Waals surface area contributed by atoms with E-state index in [-0.39, 0.29) is 11.7 Å². The van der Waals surface area contributed by atoms with E-state index in [4.69, 9.17) is 16.6 Å². The molecule has 160 valence electrons. The molecule has 0 radical (unpaired) electrons. The Morgan fingerprint density at radius 2 is 1.90 bits per heavy atom. The lowest BCUT2D eigenvalue weighted by Crippen LogP contribution is -2.13. The van der Waals surface area contributed by atoms with Crippen LogP contribution in [0.5, 0.6) is 0 Å². The number of hydrogen-bond acceptors (Lipinski definition) is 6. The van der Waals surface area contributed by atoms with E-state index >= 15 is 0 Å². The molecular formula is C23H24ClN5OS. The van der Waals surface area contributed by atoms with Crippen molar-refractivity contribution in [1.82, 2.24) is 25.0 Å². The first-order valence-corrected chi connectivity index (χ1v) is 11.4. The van der Waals surface area contributed by atoms with E-state index in [1.165, 1.54) is 4.80 Å². The van der Waals surface area contributed by atoms with Crippen LogP contribution in [0.1, 0.15) is 48.4 Å². The summed E-state index contributed by atoms with van der Waals surface area (Å²) in [6.07, 6.45) is 5.67. The molecule has 0 aliphatic rings. The number of aromatic nitrogens is 5. The molecule has 6 nitrogen and oxygen atoms in total. The monoisotopic (exact) mass is 453 g/mol. The number of rotatable bonds is 7. The topological polar surface area (TPSA) is 73.6 Å². The summed E-state index contributed by atoms with van der Waals surface area (Å²) in [6.45, 7) is 8.58. The van der Waals surface area contributed by atoms with Crippen molar-refractivity contribution in [2.75, 3.05) is 0 Å². The van der Waals surface area contributed by atoms with Crippen molar-refractivity contribution in [3.8, 4) is 5.69 Å². The molecule has 0 aliphatic heterocycles. The maximum absolute atomic E-state index is 13.0. The number of thiazole rings is 1. The van der Waals surface area contributed by atoms with Crippen LogP contribution in [0.2, 0.25) is 5.02 Å². The lowest BCUT2D eigenvalue weighted by Gasteiger charge is -2.20. The van der Waals surface area contributed by atoms with Crippen molar-refractivity contribution in [2.24, 2.45) is 5.92 Å². The number of carbonyl (C=O) groups is 1. The average Bonchev–Trinajstić information content (AvgIpc) is 3.36. The van der Waals surface area contributed by atoms with Gasteiger partial charge in [-0.3, -0.25) is 4.79 Å². The first kappa shape index (κ1) is 21.6. The Kier molecular flexibility index (Phi) is 6.16. The number of ketones is 1. The molecule has 1 atom stereocenters. The standard InChI is InChI=1S/C23H24ClN5OS/c1-13(2)14(3)21-17(12-25-23-22(21)28-15(4)31-23)11-18(30)9-16-5-6-20(19(24)10-16)29-26-7-8-27-29/h5-8,10,12-14H,9,11H2,1-4H3. The fourth-order valence-electron chi connectivity index (χ4n) is 3.69. The lowest BCUT2D eigenvalue weighted by atomic mass is 9.86. The zero-order valence-electron chi connectivity index (χ0n) is 18.0. The van der Waals surface area contributed by atoms with Gasteiger partial charge in [-0.1, -0.05) is 49.8 Å². The Bertz CT molecular complexity index is 1230. The first-order chi connectivity index (χ1) is 14.8. The molecule has 4 aromatic rings. The van der Waals surface area contributed by atoms with Gasteiger partial charge < -0.3 is 0 Å². The smallest absolute Gasteiger partial charge is 0.143 e. The summed E-state index contributed by atoms with van der Waals surface area (Å²) >= 11 is 8.00. The Morgan fingerprint density at radius 1 is 1.16 bits per heavy atom. The van der Waals surface area contributed by atoms with E-state index in [1.807, 2.05) is 25.3 Å². The second kappa shape index (κ2) is 8.85. The lowest BCUT2D eigenvalue weighted by molar-refractivity contribution is -0.117. The highest BCUT2D eigenvalue weighted by atomic mass is 35.5. The molecule has 4 rings (SSSR count). The van der Waals surface area contributed by atoms with E-state index in [1.54, 1.807) is 29.8 Å². The molecule has 31 heavy (non-hydrogen) atoms. The van der Waals surface area contributed by atoms with Crippen molar-refractivity contribution in [2.45, 2.75) is 46.5 Å². The number of nitrogens with zero attached hydrogens (tertiary/aromatic N) is 5. The molecule has 1 aromatic carbocycles. The largest absolute Gasteiger partial charge is 0.299 e. The van der Waals surface area contributed by atoms with Gasteiger partial charge in [-0.15, -0.1) is 0 Å². The fraction of sp³-hybridized carbons (Fsp3) is 0.348. The number of pyridine rings is 1. The summed E-state index contributed by atoms with van der Waals surface area (Å²) in [5, 5.41) is 9.71. The SMILES string of the molecule is Cc1nc2c(C(C)C(C)C)c(CC(=O)Cc3ccc(-n4nccn4)c(Cl)c3)cnc2s1. The number of fused-ring (bicyclic) bond motifs is 1. The second-order valence-corrected chi connectivity index (χ2v) is 9.70. The van der Waals surface area contributed by atoms with Gasteiger partial charge in [0, 0.05) is 19.0 Å². The molecule has 0 spiro atoms. The third-order valence-corrected chi connectivity index (χ3v) is 6.73. The van der Waals surface area contributed by atoms with E-state index in [0.717, 1.165) is 32.0 Å². The van der Waals surface area contributed by atoms with Crippen molar-refractivity contribution < 1.29 is 4.79 Å². The number of aryl methyl sites for hydroxylation is 1. The zero-order valence-corrected chi connectivity index (χ0v) is 19.5. The van der Waals surface area contributed by atoms with Crippen LogP contribution in [0.15, 0.2) is 36.8 Å². The summed E-state index contributed by atoms with van der Waals surface area (Å²) in [5.41, 5.74) is 4.60. The van der Waals surface area contributed by atoms with Gasteiger partial charge >= 0.3 is 0 Å². The normalized spacial score (nSPS) is 12.6. The molecule has 1 unspecified atom stereocenters. The molecule has 0 bridgehead atoms. The van der Waals surface area contributed by atoms with Gasteiger partial charge in [-0.05, 0) is 47.6 Å². The van der Waals surface area contributed by atoms with E-state index in [9.17, 15) is 4.79 Å². The number of hydrogen-bond donors (Lipinski definition) is 0. The van der Waals surface area contributed by atoms with Crippen molar-refractivity contribution in [1.29, 1.82) is 0 Å². The van der Waals surface area contributed by atoms with Crippen molar-refractivity contribution >= 4 is 39.1 Å². The predicted octanol–water partition coefficient (Wildman–Crippen LogP) is 5.35. The Morgan fingerprint density at radius 3 is 2.58 bits per heavy atom. The van der Waals surface area contributed by atoms with Crippen LogP contribution in [0.4, 0.5) is 0 Å². The minimum absolute atomic E-state index is 0.117. The highest BCUT2D eigenvalue weighted by molar-refractivity contribution is 7.18. The van der Waals surface area contributed by atoms with Gasteiger partial charge in [-0.2, -0.15) is 15.0 Å². The molecule has 0 aliphatic carbocycles. The maximum atomic E-state index is 13.0. The van der Waals surface area contributed by atoms with Crippen molar-refractivity contribution in [3.05, 3.63) is 63.5 Å². The molecule has 3 aromatic heterocycles. The minimum atomic E-state index is 0.117. The Balaban J connectivity index is 1.59. The van der Waals surface area contributed by atoms with Crippen LogP contribution in [0.25, 0.3) is 16.0 Å².